The second-order valence-electron chi connectivity index (χ2n) is 10.3. The average molecular weight is 440 g/mol. The zero-order valence-electron chi connectivity index (χ0n) is 20.0. The first kappa shape index (κ1) is 23.3. The number of benzene rings is 1. The summed E-state index contributed by atoms with van der Waals surface area (Å²) in [7, 11) is 0. The highest BCUT2D eigenvalue weighted by Gasteiger charge is 2.53. The van der Waals surface area contributed by atoms with Crippen molar-refractivity contribution in [1.29, 1.82) is 0 Å². The quantitative estimate of drug-likeness (QED) is 0.556. The second kappa shape index (κ2) is 9.56. The van der Waals surface area contributed by atoms with Gasteiger partial charge in [0.15, 0.2) is 0 Å². The lowest BCUT2D eigenvalue weighted by molar-refractivity contribution is -0.148. The highest BCUT2D eigenvalue weighted by molar-refractivity contribution is 5.66. The van der Waals surface area contributed by atoms with Gasteiger partial charge in [0.25, 0.3) is 0 Å². The molecule has 0 amide bonds. The maximum atomic E-state index is 11.7. The van der Waals surface area contributed by atoms with Gasteiger partial charge in [0, 0.05) is 57.7 Å². The predicted octanol–water partition coefficient (Wildman–Crippen LogP) is 3.93. The monoisotopic (exact) mass is 439 g/mol. The normalized spacial score (nSPS) is 34.4. The van der Waals surface area contributed by atoms with Crippen LogP contribution in [0.1, 0.15) is 40.5 Å². The van der Waals surface area contributed by atoms with E-state index >= 15 is 0 Å². The molecule has 1 radical (unpaired) electrons. The van der Waals surface area contributed by atoms with Gasteiger partial charge in [-0.3, -0.25) is 9.69 Å². The van der Waals surface area contributed by atoms with Crippen LogP contribution in [-0.4, -0.2) is 60.4 Å². The highest BCUT2D eigenvalue weighted by Crippen LogP contribution is 2.50. The fourth-order valence-corrected chi connectivity index (χ4v) is 6.12. The highest BCUT2D eigenvalue weighted by atomic mass is 16.5. The minimum atomic E-state index is -0.914. The molecule has 175 valence electrons. The SMILES string of the molecule is CC(=O)O[C@@H]1[CH][C@@]2(O)[C@H](C)CC[C@@H](C(C)CN3CCN(c4ccccc4)CC3)[C@H]2C=C1C. The number of para-hydroxylation sites is 1. The van der Waals surface area contributed by atoms with Gasteiger partial charge in [0.2, 0.25) is 0 Å². The molecule has 1 aromatic carbocycles. The van der Waals surface area contributed by atoms with Crippen molar-refractivity contribution in [1.82, 2.24) is 4.90 Å². The Kier molecular flexibility index (Phi) is 6.97. The molecule has 1 heterocycles. The van der Waals surface area contributed by atoms with Crippen LogP contribution in [0.15, 0.2) is 42.0 Å². The van der Waals surface area contributed by atoms with Crippen LogP contribution in [-0.2, 0) is 9.53 Å². The van der Waals surface area contributed by atoms with Crippen LogP contribution < -0.4 is 4.90 Å². The van der Waals surface area contributed by atoms with E-state index in [4.69, 9.17) is 4.74 Å². The number of aliphatic hydroxyl groups is 1. The van der Waals surface area contributed by atoms with Crippen LogP contribution in [0.4, 0.5) is 5.69 Å². The Hall–Kier alpha value is -1.85. The van der Waals surface area contributed by atoms with E-state index in [2.05, 4.69) is 60.1 Å². The molecule has 0 aromatic heterocycles. The zero-order valence-corrected chi connectivity index (χ0v) is 20.0. The number of hydrogen-bond donors (Lipinski definition) is 1. The molecule has 1 unspecified atom stereocenters. The van der Waals surface area contributed by atoms with Gasteiger partial charge in [-0.25, -0.2) is 0 Å². The van der Waals surface area contributed by atoms with Crippen molar-refractivity contribution in [3.8, 4) is 0 Å². The summed E-state index contributed by atoms with van der Waals surface area (Å²) in [5, 5.41) is 11.7. The largest absolute Gasteiger partial charge is 0.458 e. The van der Waals surface area contributed by atoms with E-state index in [1.807, 2.05) is 13.3 Å². The standard InChI is InChI=1S/C27H39N2O3/c1-19-16-25-24(11-10-21(3)27(25,31)17-26(19)32-22(4)30)20(2)18-28-12-14-29(15-13-28)23-8-6-5-7-9-23/h5-9,16-17,20-21,24-26,31H,10-15,18H2,1-4H3/t20?,21-,24+,25-,26-,27-/m1/s1. The summed E-state index contributed by atoms with van der Waals surface area (Å²) in [4.78, 5) is 16.6. The summed E-state index contributed by atoms with van der Waals surface area (Å²) in [5.41, 5.74) is 1.44. The van der Waals surface area contributed by atoms with E-state index in [-0.39, 0.29) is 17.8 Å². The van der Waals surface area contributed by atoms with Crippen molar-refractivity contribution in [3.05, 3.63) is 48.4 Å². The van der Waals surface area contributed by atoms with Crippen molar-refractivity contribution in [2.24, 2.45) is 23.7 Å². The molecule has 5 nitrogen and oxygen atoms in total. The smallest absolute Gasteiger partial charge is 0.303 e. The van der Waals surface area contributed by atoms with E-state index in [9.17, 15) is 9.90 Å². The van der Waals surface area contributed by atoms with Crippen LogP contribution in [0.5, 0.6) is 0 Å². The van der Waals surface area contributed by atoms with Crippen molar-refractivity contribution in [3.63, 3.8) is 0 Å². The first-order chi connectivity index (χ1) is 15.3. The number of esters is 1. The van der Waals surface area contributed by atoms with Crippen LogP contribution in [0.25, 0.3) is 0 Å². The molecule has 2 aliphatic carbocycles. The first-order valence-corrected chi connectivity index (χ1v) is 12.2. The Balaban J connectivity index is 1.41. The molecule has 1 N–H and O–H groups in total. The van der Waals surface area contributed by atoms with Crippen LogP contribution in [0.2, 0.25) is 0 Å². The molecule has 4 rings (SSSR count). The number of carbonyl (C=O) groups excluding carboxylic acids is 1. The van der Waals surface area contributed by atoms with Crippen molar-refractivity contribution in [2.45, 2.75) is 52.2 Å². The Morgan fingerprint density at radius 1 is 1.19 bits per heavy atom. The van der Waals surface area contributed by atoms with Crippen LogP contribution in [0.3, 0.4) is 0 Å². The molecule has 3 aliphatic rings. The van der Waals surface area contributed by atoms with E-state index in [1.54, 1.807) is 0 Å². The number of rotatable bonds is 5. The summed E-state index contributed by atoms with van der Waals surface area (Å²) in [5.74, 6) is 0.855. The van der Waals surface area contributed by atoms with E-state index in [0.717, 1.165) is 51.1 Å². The summed E-state index contributed by atoms with van der Waals surface area (Å²) in [6.45, 7) is 13.3. The summed E-state index contributed by atoms with van der Waals surface area (Å²) >= 11 is 0. The number of hydrogen-bond acceptors (Lipinski definition) is 5. The third-order valence-corrected chi connectivity index (χ3v) is 8.09. The van der Waals surface area contributed by atoms with Gasteiger partial charge in [-0.1, -0.05) is 38.1 Å². The number of fused-ring (bicyclic) bond motifs is 1. The summed E-state index contributed by atoms with van der Waals surface area (Å²) in [6.07, 6.45) is 5.83. The third-order valence-electron chi connectivity index (χ3n) is 8.09. The van der Waals surface area contributed by atoms with E-state index in [0.29, 0.717) is 11.8 Å². The number of nitrogens with zero attached hydrogens (tertiary/aromatic N) is 2. The van der Waals surface area contributed by atoms with Gasteiger partial charge >= 0.3 is 5.97 Å². The molecule has 1 saturated carbocycles. The number of anilines is 1. The van der Waals surface area contributed by atoms with Crippen molar-refractivity contribution < 1.29 is 14.6 Å². The van der Waals surface area contributed by atoms with Gasteiger partial charge in [-0.05, 0) is 55.2 Å². The fraction of sp³-hybridized carbons (Fsp3) is 0.630. The molecule has 1 saturated heterocycles. The lowest BCUT2D eigenvalue weighted by atomic mass is 9.57. The molecular weight excluding hydrogens is 400 g/mol. The van der Waals surface area contributed by atoms with Crippen LogP contribution in [0, 0.1) is 30.1 Å². The topological polar surface area (TPSA) is 53.0 Å². The minimum absolute atomic E-state index is 0.0821. The lowest BCUT2D eigenvalue weighted by Crippen LogP contribution is -2.57. The molecule has 1 aliphatic heterocycles. The molecule has 32 heavy (non-hydrogen) atoms. The molecule has 5 heteroatoms. The maximum Gasteiger partial charge on any atom is 0.303 e. The number of piperazine rings is 1. The van der Waals surface area contributed by atoms with Crippen molar-refractivity contribution >= 4 is 11.7 Å². The predicted molar refractivity (Wildman–Crippen MR) is 128 cm³/mol. The fourth-order valence-electron chi connectivity index (χ4n) is 6.12. The Morgan fingerprint density at radius 3 is 2.53 bits per heavy atom. The molecule has 0 bridgehead atoms. The molecule has 0 spiro atoms. The maximum absolute atomic E-state index is 11.7. The minimum Gasteiger partial charge on any atom is -0.458 e. The Labute approximate surface area is 193 Å². The van der Waals surface area contributed by atoms with E-state index < -0.39 is 11.7 Å². The van der Waals surface area contributed by atoms with Gasteiger partial charge in [-0.15, -0.1) is 0 Å². The Bertz CT molecular complexity index is 817. The number of carbonyl (C=O) groups is 1. The zero-order chi connectivity index (χ0) is 22.9. The van der Waals surface area contributed by atoms with E-state index in [1.165, 1.54) is 12.6 Å². The first-order valence-electron chi connectivity index (χ1n) is 12.2. The molecular formula is C27H39N2O3. The molecule has 2 fully saturated rings. The van der Waals surface area contributed by atoms with Gasteiger partial charge in [-0.2, -0.15) is 0 Å². The second-order valence-corrected chi connectivity index (χ2v) is 10.3. The average Bonchev–Trinajstić information content (AvgIpc) is 2.77. The Morgan fingerprint density at radius 2 is 1.88 bits per heavy atom. The number of ether oxygens (including phenoxy) is 1. The van der Waals surface area contributed by atoms with Crippen LogP contribution >= 0.6 is 0 Å². The van der Waals surface area contributed by atoms with Gasteiger partial charge in [0.1, 0.15) is 6.10 Å². The van der Waals surface area contributed by atoms with Crippen molar-refractivity contribution in [2.75, 3.05) is 37.6 Å². The molecule has 6 atom stereocenters. The molecule has 1 aromatic rings. The van der Waals surface area contributed by atoms with Gasteiger partial charge in [0.05, 0.1) is 5.60 Å². The lowest BCUT2D eigenvalue weighted by Gasteiger charge is -2.53. The summed E-state index contributed by atoms with van der Waals surface area (Å²) in [6, 6.07) is 10.7. The summed E-state index contributed by atoms with van der Waals surface area (Å²) < 4.78 is 5.49. The third kappa shape index (κ3) is 4.74. The van der Waals surface area contributed by atoms with Gasteiger partial charge < -0.3 is 14.7 Å².